The van der Waals surface area contributed by atoms with Crippen LogP contribution in [-0.4, -0.2) is 17.6 Å². The first-order chi connectivity index (χ1) is 11.7. The summed E-state index contributed by atoms with van der Waals surface area (Å²) < 4.78 is 7.73. The minimum atomic E-state index is 0.0542. The molecule has 24 heavy (non-hydrogen) atoms. The quantitative estimate of drug-likeness (QED) is 0.751. The van der Waals surface area contributed by atoms with Crippen molar-refractivity contribution in [2.75, 3.05) is 7.11 Å². The van der Waals surface area contributed by atoms with E-state index in [0.717, 1.165) is 28.9 Å². The molecule has 0 aliphatic heterocycles. The van der Waals surface area contributed by atoms with Crippen LogP contribution < -0.4 is 10.1 Å². The van der Waals surface area contributed by atoms with Crippen molar-refractivity contribution in [1.29, 1.82) is 0 Å². The van der Waals surface area contributed by atoms with Crippen molar-refractivity contribution < 1.29 is 9.53 Å². The number of amides is 1. The average molecular weight is 322 g/mol. The molecule has 0 unspecified atom stereocenters. The number of ether oxygens (including phenoxy) is 1. The van der Waals surface area contributed by atoms with Crippen molar-refractivity contribution in [3.8, 4) is 5.75 Å². The van der Waals surface area contributed by atoms with E-state index in [1.54, 1.807) is 7.11 Å². The van der Waals surface area contributed by atoms with E-state index in [1.807, 2.05) is 37.3 Å². The van der Waals surface area contributed by atoms with Gasteiger partial charge >= 0.3 is 0 Å². The van der Waals surface area contributed by atoms with E-state index in [0.29, 0.717) is 13.0 Å². The molecule has 0 saturated heterocycles. The van der Waals surface area contributed by atoms with Crippen LogP contribution in [-0.2, 0) is 17.9 Å². The Morgan fingerprint density at radius 3 is 2.62 bits per heavy atom. The molecule has 1 amide bonds. The highest BCUT2D eigenvalue weighted by molar-refractivity contribution is 5.87. The monoisotopic (exact) mass is 322 g/mol. The molecule has 0 atom stereocenters. The molecule has 4 nitrogen and oxygen atoms in total. The number of carbonyl (C=O) groups is 1. The van der Waals surface area contributed by atoms with Gasteiger partial charge in [-0.25, -0.2) is 0 Å². The summed E-state index contributed by atoms with van der Waals surface area (Å²) in [6, 6.07) is 18.5. The molecule has 1 aromatic heterocycles. The van der Waals surface area contributed by atoms with Crippen molar-refractivity contribution in [2.24, 2.45) is 0 Å². The average Bonchev–Trinajstić information content (AvgIpc) is 2.98. The number of benzene rings is 2. The molecule has 3 aromatic rings. The molecule has 3 rings (SSSR count). The van der Waals surface area contributed by atoms with Gasteiger partial charge in [-0.1, -0.05) is 43.3 Å². The summed E-state index contributed by atoms with van der Waals surface area (Å²) in [4.78, 5) is 11.6. The van der Waals surface area contributed by atoms with Crippen LogP contribution in [0.2, 0.25) is 0 Å². The third-order valence-corrected chi connectivity index (χ3v) is 4.18. The maximum absolute atomic E-state index is 11.6. The Balaban J connectivity index is 2.03. The number of fused-ring (bicyclic) bond motifs is 1. The molecule has 0 saturated carbocycles. The Morgan fingerprint density at radius 2 is 1.92 bits per heavy atom. The van der Waals surface area contributed by atoms with Crippen LogP contribution in [0, 0.1) is 0 Å². The molecular formula is C20H22N2O2. The summed E-state index contributed by atoms with van der Waals surface area (Å²) in [5, 5.41) is 4.04. The number of methoxy groups -OCH3 is 1. The van der Waals surface area contributed by atoms with Gasteiger partial charge in [-0.3, -0.25) is 4.79 Å². The number of nitrogens with one attached hydrogen (secondary N) is 1. The fraction of sp³-hybridized carbons (Fsp3) is 0.250. The number of aromatic nitrogens is 1. The van der Waals surface area contributed by atoms with Gasteiger partial charge in [0.15, 0.2) is 0 Å². The van der Waals surface area contributed by atoms with Crippen molar-refractivity contribution in [1.82, 2.24) is 9.88 Å². The SMILES string of the molecule is CCC(=O)NCc1cc2c(OC)cccc2n1Cc1ccccc1. The maximum atomic E-state index is 11.6. The van der Waals surface area contributed by atoms with E-state index >= 15 is 0 Å². The number of rotatable bonds is 6. The fourth-order valence-corrected chi connectivity index (χ4v) is 2.90. The third kappa shape index (κ3) is 3.27. The molecule has 0 bridgehead atoms. The Kier molecular flexibility index (Phi) is 4.85. The number of hydrogen-bond acceptors (Lipinski definition) is 2. The lowest BCUT2D eigenvalue weighted by Crippen LogP contribution is -2.23. The minimum absolute atomic E-state index is 0.0542. The van der Waals surface area contributed by atoms with Gasteiger partial charge in [-0.05, 0) is 23.8 Å². The Morgan fingerprint density at radius 1 is 1.12 bits per heavy atom. The predicted molar refractivity (Wildman–Crippen MR) is 96.2 cm³/mol. The second-order valence-corrected chi connectivity index (χ2v) is 5.73. The molecule has 0 aliphatic rings. The van der Waals surface area contributed by atoms with Gasteiger partial charge in [0.05, 0.1) is 19.2 Å². The summed E-state index contributed by atoms with van der Waals surface area (Å²) in [5.41, 5.74) is 3.40. The maximum Gasteiger partial charge on any atom is 0.220 e. The predicted octanol–water partition coefficient (Wildman–Crippen LogP) is 3.72. The standard InChI is InChI=1S/C20H22N2O2/c1-3-20(23)21-13-16-12-17-18(10-7-11-19(17)24-2)22(16)14-15-8-5-4-6-9-15/h4-12H,3,13-14H2,1-2H3,(H,21,23). The zero-order valence-corrected chi connectivity index (χ0v) is 14.1. The second kappa shape index (κ2) is 7.21. The molecule has 124 valence electrons. The molecule has 0 spiro atoms. The Labute approximate surface area is 142 Å². The van der Waals surface area contributed by atoms with Crippen LogP contribution in [0.3, 0.4) is 0 Å². The summed E-state index contributed by atoms with van der Waals surface area (Å²) in [6.45, 7) is 3.13. The molecule has 0 aliphatic carbocycles. The lowest BCUT2D eigenvalue weighted by Gasteiger charge is -2.12. The molecule has 0 radical (unpaired) electrons. The van der Waals surface area contributed by atoms with Crippen molar-refractivity contribution >= 4 is 16.8 Å². The number of nitrogens with zero attached hydrogens (tertiary/aromatic N) is 1. The van der Waals surface area contributed by atoms with Gasteiger partial charge in [-0.15, -0.1) is 0 Å². The van der Waals surface area contributed by atoms with Crippen LogP contribution in [0.1, 0.15) is 24.6 Å². The highest BCUT2D eigenvalue weighted by Crippen LogP contribution is 2.29. The highest BCUT2D eigenvalue weighted by Gasteiger charge is 2.13. The van der Waals surface area contributed by atoms with Crippen molar-refractivity contribution in [3.63, 3.8) is 0 Å². The van der Waals surface area contributed by atoms with Gasteiger partial charge < -0.3 is 14.6 Å². The van der Waals surface area contributed by atoms with E-state index in [2.05, 4.69) is 34.1 Å². The lowest BCUT2D eigenvalue weighted by atomic mass is 10.2. The van der Waals surface area contributed by atoms with Gasteiger partial charge in [0.2, 0.25) is 5.91 Å². The summed E-state index contributed by atoms with van der Waals surface area (Å²) in [5.74, 6) is 0.904. The van der Waals surface area contributed by atoms with Crippen molar-refractivity contribution in [3.05, 3.63) is 65.9 Å². The van der Waals surface area contributed by atoms with Crippen LogP contribution >= 0.6 is 0 Å². The summed E-state index contributed by atoms with van der Waals surface area (Å²) >= 11 is 0. The van der Waals surface area contributed by atoms with Crippen LogP contribution in [0.4, 0.5) is 0 Å². The molecule has 2 aromatic carbocycles. The zero-order chi connectivity index (χ0) is 16.9. The zero-order valence-electron chi connectivity index (χ0n) is 14.1. The summed E-state index contributed by atoms with van der Waals surface area (Å²) in [7, 11) is 1.68. The molecule has 1 heterocycles. The Hall–Kier alpha value is -2.75. The van der Waals surface area contributed by atoms with E-state index in [-0.39, 0.29) is 5.91 Å². The molecular weight excluding hydrogens is 300 g/mol. The normalized spacial score (nSPS) is 10.8. The van der Waals surface area contributed by atoms with Crippen LogP contribution in [0.5, 0.6) is 5.75 Å². The van der Waals surface area contributed by atoms with E-state index in [1.165, 1.54) is 5.56 Å². The first kappa shape index (κ1) is 16.1. The molecule has 4 heteroatoms. The van der Waals surface area contributed by atoms with Gasteiger partial charge in [0.1, 0.15) is 5.75 Å². The fourth-order valence-electron chi connectivity index (χ4n) is 2.90. The summed E-state index contributed by atoms with van der Waals surface area (Å²) in [6.07, 6.45) is 0.488. The smallest absolute Gasteiger partial charge is 0.220 e. The van der Waals surface area contributed by atoms with E-state index in [4.69, 9.17) is 4.74 Å². The first-order valence-electron chi connectivity index (χ1n) is 8.18. The minimum Gasteiger partial charge on any atom is -0.496 e. The number of carbonyl (C=O) groups excluding carboxylic acids is 1. The van der Waals surface area contributed by atoms with Crippen LogP contribution in [0.15, 0.2) is 54.6 Å². The van der Waals surface area contributed by atoms with E-state index in [9.17, 15) is 4.79 Å². The first-order valence-corrected chi connectivity index (χ1v) is 8.18. The molecule has 1 N–H and O–H groups in total. The van der Waals surface area contributed by atoms with Crippen molar-refractivity contribution in [2.45, 2.75) is 26.4 Å². The topological polar surface area (TPSA) is 43.3 Å². The van der Waals surface area contributed by atoms with Crippen LogP contribution in [0.25, 0.3) is 10.9 Å². The van der Waals surface area contributed by atoms with E-state index < -0.39 is 0 Å². The number of hydrogen-bond donors (Lipinski definition) is 1. The second-order valence-electron chi connectivity index (χ2n) is 5.73. The Bertz CT molecular complexity index is 837. The van der Waals surface area contributed by atoms with Gasteiger partial charge in [-0.2, -0.15) is 0 Å². The lowest BCUT2D eigenvalue weighted by molar-refractivity contribution is -0.120. The third-order valence-electron chi connectivity index (χ3n) is 4.18. The molecule has 0 fully saturated rings. The van der Waals surface area contributed by atoms with Gasteiger partial charge in [0.25, 0.3) is 0 Å². The van der Waals surface area contributed by atoms with Gasteiger partial charge in [0, 0.05) is 24.0 Å². The largest absolute Gasteiger partial charge is 0.496 e. The highest BCUT2D eigenvalue weighted by atomic mass is 16.5.